The summed E-state index contributed by atoms with van der Waals surface area (Å²) in [6.07, 6.45) is 5.45. The van der Waals surface area contributed by atoms with Crippen molar-refractivity contribution in [2.45, 2.75) is 31.7 Å². The lowest BCUT2D eigenvalue weighted by atomic mass is 10.1. The summed E-state index contributed by atoms with van der Waals surface area (Å²) >= 11 is 0. The predicted molar refractivity (Wildman–Crippen MR) is 109 cm³/mol. The van der Waals surface area contributed by atoms with Gasteiger partial charge in [-0.15, -0.1) is 0 Å². The topological polar surface area (TPSA) is 101 Å². The Morgan fingerprint density at radius 3 is 2.77 bits per heavy atom. The molecule has 8 heteroatoms. The van der Waals surface area contributed by atoms with Crippen LogP contribution in [0.15, 0.2) is 59.4 Å². The molecule has 1 atom stereocenters. The first kappa shape index (κ1) is 19.8. The molecule has 3 heterocycles. The Morgan fingerprint density at radius 1 is 1.17 bits per heavy atom. The number of piperazine rings is 1. The third kappa shape index (κ3) is 4.71. The number of rotatable bonds is 7. The third-order valence-electron chi connectivity index (χ3n) is 5.12. The van der Waals surface area contributed by atoms with Crippen LogP contribution in [0.25, 0.3) is 11.4 Å². The Bertz CT molecular complexity index is 990. The van der Waals surface area contributed by atoms with Gasteiger partial charge in [-0.05, 0) is 30.5 Å². The normalized spacial score (nSPS) is 16.3. The molecule has 0 aliphatic carbocycles. The molecular formula is C22H23N5O3. The number of hydrogen-bond donors (Lipinski definition) is 1. The van der Waals surface area contributed by atoms with Crippen LogP contribution in [-0.4, -0.2) is 51.0 Å². The van der Waals surface area contributed by atoms with Crippen molar-refractivity contribution in [1.29, 1.82) is 0 Å². The number of nitrogens with one attached hydrogen (secondary N) is 1. The van der Waals surface area contributed by atoms with Crippen LogP contribution in [-0.2, 0) is 22.4 Å². The van der Waals surface area contributed by atoms with Gasteiger partial charge in [0.1, 0.15) is 6.04 Å². The van der Waals surface area contributed by atoms with Gasteiger partial charge in [0.15, 0.2) is 0 Å². The molecule has 8 nitrogen and oxygen atoms in total. The number of benzene rings is 1. The van der Waals surface area contributed by atoms with Gasteiger partial charge in [0.2, 0.25) is 23.5 Å². The molecule has 2 aromatic heterocycles. The minimum absolute atomic E-state index is 0.0281. The van der Waals surface area contributed by atoms with Crippen molar-refractivity contribution in [3.8, 4) is 11.4 Å². The van der Waals surface area contributed by atoms with E-state index in [1.54, 1.807) is 29.4 Å². The molecule has 1 unspecified atom stereocenters. The molecule has 0 radical (unpaired) electrons. The number of aryl methyl sites for hydroxylation is 1. The van der Waals surface area contributed by atoms with Gasteiger partial charge in [0.05, 0.1) is 6.42 Å². The second kappa shape index (κ2) is 9.30. The van der Waals surface area contributed by atoms with Gasteiger partial charge in [0, 0.05) is 37.5 Å². The summed E-state index contributed by atoms with van der Waals surface area (Å²) in [5.74, 6) is 0.538. The average Bonchev–Trinajstić information content (AvgIpc) is 3.25. The number of nitrogens with zero attached hydrogens (tertiary/aromatic N) is 4. The van der Waals surface area contributed by atoms with Crippen LogP contribution < -0.4 is 5.32 Å². The Kier molecular flexibility index (Phi) is 6.12. The number of pyridine rings is 1. The lowest BCUT2D eigenvalue weighted by Crippen LogP contribution is -2.58. The molecule has 4 rings (SSSR count). The van der Waals surface area contributed by atoms with E-state index in [9.17, 15) is 9.59 Å². The van der Waals surface area contributed by atoms with Crippen molar-refractivity contribution in [1.82, 2.24) is 25.3 Å². The lowest BCUT2D eigenvalue weighted by Gasteiger charge is -2.34. The molecule has 2 amide bonds. The summed E-state index contributed by atoms with van der Waals surface area (Å²) in [5.41, 5.74) is 1.98. The molecule has 30 heavy (non-hydrogen) atoms. The quantitative estimate of drug-likeness (QED) is 0.645. The number of hydrogen-bond acceptors (Lipinski definition) is 6. The molecule has 1 saturated heterocycles. The van der Waals surface area contributed by atoms with Gasteiger partial charge >= 0.3 is 0 Å². The molecule has 3 aromatic rings. The molecule has 0 spiro atoms. The maximum atomic E-state index is 12.8. The Hall–Kier alpha value is -3.55. The largest absolute Gasteiger partial charge is 0.353 e. The highest BCUT2D eigenvalue weighted by atomic mass is 16.5. The lowest BCUT2D eigenvalue weighted by molar-refractivity contribution is -0.143. The van der Waals surface area contributed by atoms with Gasteiger partial charge in [-0.25, -0.2) is 0 Å². The van der Waals surface area contributed by atoms with E-state index in [0.717, 1.165) is 18.4 Å². The fourth-order valence-electron chi connectivity index (χ4n) is 3.57. The molecule has 154 valence electrons. The van der Waals surface area contributed by atoms with Crippen LogP contribution >= 0.6 is 0 Å². The van der Waals surface area contributed by atoms with Crippen molar-refractivity contribution < 1.29 is 14.1 Å². The van der Waals surface area contributed by atoms with E-state index in [-0.39, 0.29) is 18.2 Å². The second-order valence-corrected chi connectivity index (χ2v) is 7.18. The van der Waals surface area contributed by atoms with E-state index in [0.29, 0.717) is 31.2 Å². The number of aromatic nitrogens is 3. The molecule has 0 saturated carbocycles. The summed E-state index contributed by atoms with van der Waals surface area (Å²) < 4.78 is 5.34. The summed E-state index contributed by atoms with van der Waals surface area (Å²) in [6.45, 7) is 0.928. The van der Waals surface area contributed by atoms with Crippen molar-refractivity contribution in [3.63, 3.8) is 0 Å². The van der Waals surface area contributed by atoms with E-state index < -0.39 is 6.04 Å². The maximum absolute atomic E-state index is 12.8. The van der Waals surface area contributed by atoms with E-state index in [4.69, 9.17) is 4.52 Å². The summed E-state index contributed by atoms with van der Waals surface area (Å²) in [6, 6.07) is 13.0. The van der Waals surface area contributed by atoms with E-state index in [1.807, 2.05) is 18.2 Å². The Morgan fingerprint density at radius 2 is 1.97 bits per heavy atom. The molecule has 0 bridgehead atoms. The fourth-order valence-corrected chi connectivity index (χ4v) is 3.57. The fraction of sp³-hybridized carbons (Fsp3) is 0.318. The molecule has 1 aliphatic heterocycles. The number of carbonyl (C=O) groups is 2. The summed E-state index contributed by atoms with van der Waals surface area (Å²) in [5, 5.41) is 6.81. The van der Waals surface area contributed by atoms with Crippen LogP contribution in [0, 0.1) is 0 Å². The van der Waals surface area contributed by atoms with Crippen molar-refractivity contribution >= 4 is 11.8 Å². The zero-order chi connectivity index (χ0) is 20.8. The smallest absolute Gasteiger partial charge is 0.243 e. The highest BCUT2D eigenvalue weighted by molar-refractivity contribution is 5.89. The average molecular weight is 405 g/mol. The third-order valence-corrected chi connectivity index (χ3v) is 5.12. The molecule has 1 N–H and O–H groups in total. The first-order valence-corrected chi connectivity index (χ1v) is 10.0. The number of carbonyl (C=O) groups excluding carboxylic acids is 2. The van der Waals surface area contributed by atoms with Crippen LogP contribution in [0.4, 0.5) is 0 Å². The Labute approximate surface area is 174 Å². The Balaban J connectivity index is 1.39. The molecule has 1 fully saturated rings. The SMILES string of the molecule is O=C1NCCN(C(=O)CCCc2ccccc2)C1Cc1nc(-c2ccncc2)no1. The highest BCUT2D eigenvalue weighted by Gasteiger charge is 2.34. The zero-order valence-corrected chi connectivity index (χ0v) is 16.5. The second-order valence-electron chi connectivity index (χ2n) is 7.18. The van der Waals surface area contributed by atoms with Gasteiger partial charge in [-0.2, -0.15) is 4.98 Å². The summed E-state index contributed by atoms with van der Waals surface area (Å²) in [7, 11) is 0. The standard InChI is InChI=1S/C22H23N5O3/c28-20(8-4-7-16-5-2-1-3-6-16)27-14-13-24-22(29)18(27)15-19-25-21(26-30-19)17-9-11-23-12-10-17/h1-3,5-6,9-12,18H,4,7-8,13-15H2,(H,24,29). The molecule has 1 aromatic carbocycles. The minimum Gasteiger partial charge on any atom is -0.353 e. The predicted octanol–water partition coefficient (Wildman–Crippen LogP) is 2.02. The first-order chi connectivity index (χ1) is 14.7. The van der Waals surface area contributed by atoms with E-state index in [2.05, 4.69) is 32.6 Å². The zero-order valence-electron chi connectivity index (χ0n) is 16.5. The minimum atomic E-state index is -0.645. The molecule has 1 aliphatic rings. The van der Waals surface area contributed by atoms with Crippen LogP contribution in [0.1, 0.15) is 24.3 Å². The van der Waals surface area contributed by atoms with Crippen LogP contribution in [0.2, 0.25) is 0 Å². The summed E-state index contributed by atoms with van der Waals surface area (Å²) in [4.78, 5) is 35.3. The van der Waals surface area contributed by atoms with E-state index in [1.165, 1.54) is 5.56 Å². The van der Waals surface area contributed by atoms with E-state index >= 15 is 0 Å². The number of amides is 2. The van der Waals surface area contributed by atoms with Crippen LogP contribution in [0.3, 0.4) is 0 Å². The first-order valence-electron chi connectivity index (χ1n) is 10.0. The molecular weight excluding hydrogens is 382 g/mol. The van der Waals surface area contributed by atoms with Gasteiger partial charge < -0.3 is 14.7 Å². The van der Waals surface area contributed by atoms with Gasteiger partial charge in [-0.3, -0.25) is 14.6 Å². The van der Waals surface area contributed by atoms with Crippen LogP contribution in [0.5, 0.6) is 0 Å². The van der Waals surface area contributed by atoms with Gasteiger partial charge in [-0.1, -0.05) is 35.5 Å². The van der Waals surface area contributed by atoms with Crippen molar-refractivity contribution in [2.75, 3.05) is 13.1 Å². The van der Waals surface area contributed by atoms with Crippen molar-refractivity contribution in [3.05, 3.63) is 66.3 Å². The van der Waals surface area contributed by atoms with Crippen molar-refractivity contribution in [2.24, 2.45) is 0 Å². The maximum Gasteiger partial charge on any atom is 0.243 e. The van der Waals surface area contributed by atoms with Gasteiger partial charge in [0.25, 0.3) is 0 Å². The highest BCUT2D eigenvalue weighted by Crippen LogP contribution is 2.18. The monoisotopic (exact) mass is 405 g/mol.